The number of hydrogen-bond acceptors (Lipinski definition) is 6. The Morgan fingerprint density at radius 2 is 0.857 bits per heavy atom. The molecular weight excluding hydrogens is 645 g/mol. The van der Waals surface area contributed by atoms with Crippen LogP contribution in [0.15, 0.2) is 121 Å². The third kappa shape index (κ3) is 5.79. The quantitative estimate of drug-likeness (QED) is 0.0841. The summed E-state index contributed by atoms with van der Waals surface area (Å²) in [5.41, 5.74) is 6.99. The topological polar surface area (TPSA) is 36.9 Å². The van der Waals surface area contributed by atoms with E-state index in [1.54, 1.807) is 0 Å². The Balaban J connectivity index is 1.19. The Kier molecular flexibility index (Phi) is 8.50. The molecule has 0 spiro atoms. The van der Waals surface area contributed by atoms with Crippen LogP contribution in [-0.2, 0) is 14.9 Å². The first kappa shape index (κ1) is 31.1. The zero-order chi connectivity index (χ0) is 32.6. The van der Waals surface area contributed by atoms with E-state index >= 15 is 0 Å². The third-order valence-electron chi connectivity index (χ3n) is 9.91. The summed E-state index contributed by atoms with van der Waals surface area (Å²) in [5.74, 6) is 4.19. The van der Waals surface area contributed by atoms with Crippen molar-refractivity contribution in [3.8, 4) is 22.6 Å². The molecule has 2 atom stereocenters. The maximum absolute atomic E-state index is 6.41. The average molecular weight is 683 g/mol. The van der Waals surface area contributed by atoms with Crippen molar-refractivity contribution < 1.29 is 18.9 Å². The molecule has 0 bridgehead atoms. The molecule has 2 fully saturated rings. The van der Waals surface area contributed by atoms with E-state index in [0.717, 1.165) is 35.5 Å². The fraction of sp³-hybridized carbons (Fsp3) is 0.256. The van der Waals surface area contributed by atoms with Crippen LogP contribution in [0, 0.1) is 0 Å². The zero-order valence-corrected chi connectivity index (χ0v) is 28.9. The summed E-state index contributed by atoms with van der Waals surface area (Å²) in [6.07, 6.45) is 0. The highest BCUT2D eigenvalue weighted by Crippen LogP contribution is 2.58. The van der Waals surface area contributed by atoms with E-state index in [1.807, 2.05) is 23.5 Å². The maximum atomic E-state index is 6.41. The molecule has 0 N–H and O–H groups in total. The Hall–Kier alpha value is -3.94. The third-order valence-corrected chi connectivity index (χ3v) is 11.8. The Bertz CT molecular complexity index is 1980. The highest BCUT2D eigenvalue weighted by Gasteiger charge is 2.47. The summed E-state index contributed by atoms with van der Waals surface area (Å²) < 4.78 is 24.6. The number of rotatable bonds is 14. The molecule has 3 aliphatic rings. The van der Waals surface area contributed by atoms with E-state index in [-0.39, 0.29) is 0 Å². The Morgan fingerprint density at radius 1 is 0.449 bits per heavy atom. The van der Waals surface area contributed by atoms with E-state index in [4.69, 9.17) is 18.9 Å². The maximum Gasteiger partial charge on any atom is 0.127 e. The molecule has 2 unspecified atom stereocenters. The van der Waals surface area contributed by atoms with Crippen molar-refractivity contribution >= 4 is 45.1 Å². The van der Waals surface area contributed by atoms with E-state index in [0.29, 0.717) is 36.9 Å². The number of hydrogen-bond donors (Lipinski definition) is 0. The highest BCUT2D eigenvalue weighted by molar-refractivity contribution is 8.07. The smallest absolute Gasteiger partial charge is 0.127 e. The van der Waals surface area contributed by atoms with E-state index < -0.39 is 5.41 Å². The van der Waals surface area contributed by atoms with Gasteiger partial charge in [0.15, 0.2) is 0 Å². The van der Waals surface area contributed by atoms with Crippen molar-refractivity contribution in [2.24, 2.45) is 0 Å². The van der Waals surface area contributed by atoms with Gasteiger partial charge in [0, 0.05) is 32.8 Å². The summed E-state index contributed by atoms with van der Waals surface area (Å²) in [5, 5.41) is 5.89. The zero-order valence-electron chi connectivity index (χ0n) is 27.3. The van der Waals surface area contributed by atoms with E-state index in [1.165, 1.54) is 55.7 Å². The van der Waals surface area contributed by atoms with E-state index in [2.05, 4.69) is 121 Å². The lowest BCUT2D eigenvalue weighted by molar-refractivity contribution is 0.106. The van der Waals surface area contributed by atoms with Crippen LogP contribution in [0.4, 0.5) is 0 Å². The van der Waals surface area contributed by atoms with Crippen molar-refractivity contribution in [2.45, 2.75) is 15.9 Å². The van der Waals surface area contributed by atoms with Crippen molar-refractivity contribution in [2.75, 3.05) is 51.1 Å². The fourth-order valence-electron chi connectivity index (χ4n) is 7.61. The lowest BCUT2D eigenvalue weighted by Crippen LogP contribution is -2.29. The molecular formula is C43H38O4S2. The average Bonchev–Trinajstić information content (AvgIpc) is 4.10. The minimum absolute atomic E-state index is 0.522. The molecule has 6 heteroatoms. The molecule has 0 amide bonds. The van der Waals surface area contributed by atoms with Crippen LogP contribution in [0.2, 0.25) is 0 Å². The number of thioether (sulfide) groups is 2. The molecule has 9 rings (SSSR count). The molecule has 0 aromatic heterocycles. The number of fused-ring (bicyclic) bond motifs is 5. The van der Waals surface area contributed by atoms with Gasteiger partial charge in [-0.2, -0.15) is 23.5 Å². The van der Waals surface area contributed by atoms with Gasteiger partial charge in [-0.15, -0.1) is 0 Å². The molecule has 4 nitrogen and oxygen atoms in total. The van der Waals surface area contributed by atoms with Gasteiger partial charge in [-0.05, 0) is 56.3 Å². The minimum Gasteiger partial charge on any atom is -0.491 e. The Morgan fingerprint density at radius 3 is 1.33 bits per heavy atom. The highest BCUT2D eigenvalue weighted by atomic mass is 32.2. The summed E-state index contributed by atoms with van der Waals surface area (Å²) >= 11 is 3.91. The van der Waals surface area contributed by atoms with Crippen LogP contribution in [0.1, 0.15) is 22.3 Å². The number of ether oxygens (including phenoxy) is 4. The van der Waals surface area contributed by atoms with Crippen LogP contribution in [0.5, 0.6) is 11.5 Å². The standard InChI is InChI=1S/C43H38O4S2/c1-3-15-37-31(9-1)32-10-2-4-16-38(32)43(37,39-17-5-13-35-33(39)11-7-19-41(35)46-23-21-44-25-29-27-48-29)40-18-6-14-36-34(40)12-8-20-42(36)47-24-22-45-26-30-28-49-30/h1-20,29-30H,21-28H2. The second kappa shape index (κ2) is 13.4. The van der Waals surface area contributed by atoms with Crippen molar-refractivity contribution in [3.05, 3.63) is 144 Å². The molecule has 0 saturated carbocycles. The van der Waals surface area contributed by atoms with Gasteiger partial charge in [-0.25, -0.2) is 0 Å². The summed E-state index contributed by atoms with van der Waals surface area (Å²) in [7, 11) is 0. The van der Waals surface area contributed by atoms with Crippen molar-refractivity contribution in [3.63, 3.8) is 0 Å². The molecule has 246 valence electrons. The molecule has 0 radical (unpaired) electrons. The van der Waals surface area contributed by atoms with Crippen molar-refractivity contribution in [1.82, 2.24) is 0 Å². The SMILES string of the molecule is c1ccc2c(c1)-c1ccccc1C2(c1cccc2c(OCCOCC3CS3)cccc12)c1cccc2c(OCCOCC3CS3)cccc12. The van der Waals surface area contributed by atoms with Gasteiger partial charge in [0.25, 0.3) is 0 Å². The lowest BCUT2D eigenvalue weighted by Gasteiger charge is -2.36. The van der Waals surface area contributed by atoms with Crippen LogP contribution < -0.4 is 9.47 Å². The van der Waals surface area contributed by atoms with Gasteiger partial charge in [0.05, 0.1) is 31.8 Å². The predicted octanol–water partition coefficient (Wildman–Crippen LogP) is 9.38. The van der Waals surface area contributed by atoms with Crippen LogP contribution in [0.3, 0.4) is 0 Å². The van der Waals surface area contributed by atoms with E-state index in [9.17, 15) is 0 Å². The predicted molar refractivity (Wildman–Crippen MR) is 204 cm³/mol. The molecule has 6 aromatic rings. The lowest BCUT2D eigenvalue weighted by atomic mass is 9.65. The van der Waals surface area contributed by atoms with Gasteiger partial charge in [-0.3, -0.25) is 0 Å². The fourth-order valence-corrected chi connectivity index (χ4v) is 8.46. The first-order chi connectivity index (χ1) is 24.3. The molecule has 49 heavy (non-hydrogen) atoms. The summed E-state index contributed by atoms with van der Waals surface area (Å²) in [4.78, 5) is 0. The molecule has 2 heterocycles. The van der Waals surface area contributed by atoms with Gasteiger partial charge in [0.2, 0.25) is 0 Å². The minimum atomic E-state index is -0.584. The van der Waals surface area contributed by atoms with Crippen LogP contribution in [-0.4, -0.2) is 61.6 Å². The second-order valence-corrected chi connectivity index (χ2v) is 15.6. The second-order valence-electron chi connectivity index (χ2n) is 12.9. The summed E-state index contributed by atoms with van der Waals surface area (Å²) in [6, 6.07) is 44.2. The van der Waals surface area contributed by atoms with Gasteiger partial charge in [-0.1, -0.05) is 109 Å². The molecule has 2 saturated heterocycles. The van der Waals surface area contributed by atoms with Gasteiger partial charge < -0.3 is 18.9 Å². The molecule has 1 aliphatic carbocycles. The first-order valence-corrected chi connectivity index (χ1v) is 19.3. The molecule has 6 aromatic carbocycles. The van der Waals surface area contributed by atoms with Crippen molar-refractivity contribution in [1.29, 1.82) is 0 Å². The summed E-state index contributed by atoms with van der Waals surface area (Å²) in [6.45, 7) is 3.83. The van der Waals surface area contributed by atoms with Crippen LogP contribution >= 0.6 is 23.5 Å². The molecule has 2 aliphatic heterocycles. The monoisotopic (exact) mass is 682 g/mol. The normalized spacial score (nSPS) is 18.3. The largest absolute Gasteiger partial charge is 0.491 e. The Labute approximate surface area is 296 Å². The van der Waals surface area contributed by atoms with Gasteiger partial charge >= 0.3 is 0 Å². The van der Waals surface area contributed by atoms with Crippen LogP contribution in [0.25, 0.3) is 32.7 Å². The number of benzene rings is 6. The van der Waals surface area contributed by atoms with Gasteiger partial charge in [0.1, 0.15) is 24.7 Å². The first-order valence-electron chi connectivity index (χ1n) is 17.2.